The fourth-order valence-electron chi connectivity index (χ4n) is 5.65. The summed E-state index contributed by atoms with van der Waals surface area (Å²) in [6.07, 6.45) is 4.88. The van der Waals surface area contributed by atoms with Crippen LogP contribution in [0.5, 0.6) is 6.01 Å². The predicted molar refractivity (Wildman–Crippen MR) is 154 cm³/mol. The van der Waals surface area contributed by atoms with Gasteiger partial charge in [0.25, 0.3) is 0 Å². The molecule has 5 heterocycles. The lowest BCUT2D eigenvalue weighted by molar-refractivity contribution is 0.0123. The van der Waals surface area contributed by atoms with Gasteiger partial charge in [-0.05, 0) is 51.3 Å². The van der Waals surface area contributed by atoms with Crippen molar-refractivity contribution in [2.24, 2.45) is 0 Å². The monoisotopic (exact) mass is 578 g/mol. The topological polar surface area (TPSA) is 85.6 Å². The molecule has 2 aliphatic heterocycles. The van der Waals surface area contributed by atoms with Crippen LogP contribution in [0.1, 0.15) is 44.9 Å². The van der Waals surface area contributed by atoms with E-state index in [1.807, 2.05) is 62.2 Å². The number of fused-ring (bicyclic) bond motifs is 3. The first-order valence-corrected chi connectivity index (χ1v) is 14.1. The second-order valence-electron chi connectivity index (χ2n) is 11.5. The maximum absolute atomic E-state index is 15.2. The van der Waals surface area contributed by atoms with Crippen molar-refractivity contribution in [3.8, 4) is 6.01 Å². The van der Waals surface area contributed by atoms with Crippen molar-refractivity contribution in [3.63, 3.8) is 0 Å². The van der Waals surface area contributed by atoms with Crippen LogP contribution in [0.4, 0.5) is 15.0 Å². The highest BCUT2D eigenvalue weighted by atomic mass is 35.5. The quantitative estimate of drug-likeness (QED) is 0.266. The molecule has 1 amide bonds. The van der Waals surface area contributed by atoms with Crippen molar-refractivity contribution >= 4 is 34.4 Å². The number of anilines is 1. The summed E-state index contributed by atoms with van der Waals surface area (Å²) in [5, 5.41) is 0.177. The van der Waals surface area contributed by atoms with Crippen LogP contribution in [-0.4, -0.2) is 61.3 Å². The van der Waals surface area contributed by atoms with Gasteiger partial charge < -0.3 is 18.9 Å². The van der Waals surface area contributed by atoms with Gasteiger partial charge in [-0.25, -0.2) is 14.2 Å². The highest BCUT2D eigenvalue weighted by molar-refractivity contribution is 6.30. The number of hydrogen-bond acceptors (Lipinski definition) is 7. The van der Waals surface area contributed by atoms with Gasteiger partial charge in [-0.15, -0.1) is 0 Å². The van der Waals surface area contributed by atoms with E-state index in [9.17, 15) is 4.79 Å². The van der Waals surface area contributed by atoms with Crippen LogP contribution < -0.4 is 9.64 Å². The lowest BCUT2D eigenvalue weighted by Gasteiger charge is -2.42. The number of nitrogens with zero attached hydrogens (tertiary/aromatic N) is 6. The molecule has 1 aromatic carbocycles. The lowest BCUT2D eigenvalue weighted by Crippen LogP contribution is -2.57. The zero-order valence-corrected chi connectivity index (χ0v) is 24.0. The molecule has 11 heteroatoms. The van der Waals surface area contributed by atoms with E-state index >= 15 is 4.39 Å². The molecule has 0 saturated carbocycles. The predicted octanol–water partition coefficient (Wildman–Crippen LogP) is 5.83. The Balaban J connectivity index is 1.27. The number of amides is 1. The Labute approximate surface area is 242 Å². The number of aromatic nitrogens is 4. The summed E-state index contributed by atoms with van der Waals surface area (Å²) in [5.41, 5.74) is 1.56. The zero-order chi connectivity index (χ0) is 28.7. The molecular weight excluding hydrogens is 547 g/mol. The first-order chi connectivity index (χ1) is 19.7. The molecule has 2 aliphatic rings. The minimum atomic E-state index is -0.722. The van der Waals surface area contributed by atoms with Gasteiger partial charge in [0.15, 0.2) is 11.0 Å². The number of halogens is 2. The molecular formula is C30H32ClFN6O3. The van der Waals surface area contributed by atoms with Gasteiger partial charge in [0.1, 0.15) is 23.5 Å². The van der Waals surface area contributed by atoms with Crippen molar-refractivity contribution in [3.05, 3.63) is 77.1 Å². The van der Waals surface area contributed by atoms with E-state index in [0.29, 0.717) is 30.8 Å². The average Bonchev–Trinajstić information content (AvgIpc) is 3.49. The minimum absolute atomic E-state index is 0.0445. The van der Waals surface area contributed by atoms with Gasteiger partial charge >= 0.3 is 12.1 Å². The van der Waals surface area contributed by atoms with Gasteiger partial charge in [0.05, 0.1) is 23.2 Å². The van der Waals surface area contributed by atoms with Crippen LogP contribution in [0, 0.1) is 5.82 Å². The van der Waals surface area contributed by atoms with E-state index in [-0.39, 0.29) is 41.5 Å². The van der Waals surface area contributed by atoms with E-state index in [0.717, 1.165) is 18.5 Å². The lowest BCUT2D eigenvalue weighted by atomic mass is 10.1. The van der Waals surface area contributed by atoms with Crippen LogP contribution in [0.2, 0.25) is 5.15 Å². The summed E-state index contributed by atoms with van der Waals surface area (Å²) in [4.78, 5) is 30.0. The minimum Gasteiger partial charge on any atom is -0.457 e. The van der Waals surface area contributed by atoms with Gasteiger partial charge in [-0.1, -0.05) is 41.9 Å². The maximum atomic E-state index is 15.2. The number of carbonyl (C=O) groups is 1. The van der Waals surface area contributed by atoms with Gasteiger partial charge in [0.2, 0.25) is 0 Å². The van der Waals surface area contributed by atoms with Gasteiger partial charge in [0, 0.05) is 32.0 Å². The summed E-state index contributed by atoms with van der Waals surface area (Å²) in [6.45, 7) is 7.52. The first kappa shape index (κ1) is 27.3. The molecule has 2 bridgehead atoms. The molecule has 41 heavy (non-hydrogen) atoms. The second kappa shape index (κ2) is 10.8. The third-order valence-electron chi connectivity index (χ3n) is 7.46. The summed E-state index contributed by atoms with van der Waals surface area (Å²) in [7, 11) is 0. The number of benzene rings is 1. The molecule has 214 valence electrons. The van der Waals surface area contributed by atoms with E-state index in [1.54, 1.807) is 0 Å². The molecule has 0 N–H and O–H groups in total. The average molecular weight is 579 g/mol. The molecule has 2 atom stereocenters. The fourth-order valence-corrected chi connectivity index (χ4v) is 5.79. The summed E-state index contributed by atoms with van der Waals surface area (Å²) >= 11 is 6.03. The van der Waals surface area contributed by atoms with Crippen molar-refractivity contribution in [1.82, 2.24) is 24.4 Å². The molecule has 0 unspecified atom stereocenters. The Hall–Kier alpha value is -3.92. The van der Waals surface area contributed by atoms with Crippen molar-refractivity contribution in [1.29, 1.82) is 0 Å². The van der Waals surface area contributed by atoms with E-state index in [4.69, 9.17) is 26.1 Å². The molecule has 2 saturated heterocycles. The number of piperazine rings is 1. The summed E-state index contributed by atoms with van der Waals surface area (Å²) in [5.74, 6) is -0.214. The molecule has 0 aliphatic carbocycles. The molecule has 0 radical (unpaired) electrons. The van der Waals surface area contributed by atoms with Crippen LogP contribution in [0.15, 0.2) is 54.9 Å². The Bertz CT molecular complexity index is 1560. The number of pyridine rings is 1. The third-order valence-corrected chi connectivity index (χ3v) is 7.72. The zero-order valence-electron chi connectivity index (χ0n) is 23.3. The number of hydrogen-bond donors (Lipinski definition) is 0. The third kappa shape index (κ3) is 5.66. The fraction of sp³-hybridized carbons (Fsp3) is 0.400. The Morgan fingerprint density at radius 1 is 1.07 bits per heavy atom. The van der Waals surface area contributed by atoms with Crippen LogP contribution in [-0.2, 0) is 17.9 Å². The number of carbonyl (C=O) groups excluding carboxylic acids is 1. The number of ether oxygens (including phenoxy) is 2. The smallest absolute Gasteiger partial charge is 0.410 e. The van der Waals surface area contributed by atoms with Crippen molar-refractivity contribution in [2.45, 2.75) is 64.4 Å². The molecule has 2 fully saturated rings. The first-order valence-electron chi connectivity index (χ1n) is 13.7. The summed E-state index contributed by atoms with van der Waals surface area (Å²) < 4.78 is 29.0. The molecule has 3 aromatic heterocycles. The maximum Gasteiger partial charge on any atom is 0.410 e. The Morgan fingerprint density at radius 2 is 1.80 bits per heavy atom. The highest BCUT2D eigenvalue weighted by Crippen LogP contribution is 2.37. The molecule has 0 spiro atoms. The molecule has 4 aromatic rings. The highest BCUT2D eigenvalue weighted by Gasteiger charge is 2.45. The Kier molecular flexibility index (Phi) is 7.19. The molecule has 9 nitrogen and oxygen atoms in total. The van der Waals surface area contributed by atoms with Gasteiger partial charge in [-0.2, -0.15) is 9.97 Å². The van der Waals surface area contributed by atoms with Crippen molar-refractivity contribution in [2.75, 3.05) is 18.0 Å². The second-order valence-corrected chi connectivity index (χ2v) is 11.9. The van der Waals surface area contributed by atoms with Crippen LogP contribution in [0.3, 0.4) is 0 Å². The Morgan fingerprint density at radius 3 is 2.51 bits per heavy atom. The summed E-state index contributed by atoms with van der Waals surface area (Å²) in [6, 6.07) is 14.0. The normalized spacial score (nSPS) is 18.7. The van der Waals surface area contributed by atoms with E-state index in [1.165, 1.54) is 11.8 Å². The SMILES string of the molecule is CC(C)(C)OC(=O)N1[C@H]2CC[C@H]1CN(c1nc(OCc3cccn3Cc3ccccc3)nc3c(F)c(Cl)ncc13)C2. The van der Waals surface area contributed by atoms with E-state index in [2.05, 4.69) is 31.6 Å². The number of rotatable bonds is 6. The largest absolute Gasteiger partial charge is 0.457 e. The standard InChI is InChI=1S/C30H32ClFN6O3/c1-30(2,3)41-29(39)38-20-11-12-21(38)17-37(16-20)27-23-14-33-26(31)24(32)25(23)34-28(35-27)40-18-22-10-7-13-36(22)15-19-8-5-4-6-9-19/h4-10,13-14,20-21H,11-12,15-18H2,1-3H3/t20-,21-/m0/s1. The van der Waals surface area contributed by atoms with Gasteiger partial charge in [-0.3, -0.25) is 4.90 Å². The van der Waals surface area contributed by atoms with Crippen LogP contribution >= 0.6 is 11.6 Å². The molecule has 6 rings (SSSR count). The van der Waals surface area contributed by atoms with E-state index < -0.39 is 11.4 Å². The van der Waals surface area contributed by atoms with Crippen molar-refractivity contribution < 1.29 is 18.7 Å². The van der Waals surface area contributed by atoms with Crippen LogP contribution in [0.25, 0.3) is 10.9 Å².